The van der Waals surface area contributed by atoms with Crippen molar-refractivity contribution in [3.8, 4) is 5.75 Å². The van der Waals surface area contributed by atoms with E-state index >= 15 is 0 Å². The van der Waals surface area contributed by atoms with Crippen molar-refractivity contribution in [3.05, 3.63) is 53.6 Å². The number of aryl methyl sites for hydroxylation is 2. The molecule has 2 aromatic carbocycles. The summed E-state index contributed by atoms with van der Waals surface area (Å²) in [4.78, 5) is 38.9. The molecule has 1 saturated heterocycles. The summed E-state index contributed by atoms with van der Waals surface area (Å²) in [6.07, 6.45) is 0.908. The number of thioether (sulfide) groups is 1. The maximum atomic E-state index is 12.8. The summed E-state index contributed by atoms with van der Waals surface area (Å²) < 4.78 is 5.40. The van der Waals surface area contributed by atoms with E-state index in [0.29, 0.717) is 18.0 Å². The molecular formula is C23H26N2O4S. The van der Waals surface area contributed by atoms with E-state index in [4.69, 9.17) is 4.74 Å². The van der Waals surface area contributed by atoms with Crippen molar-refractivity contribution in [3.63, 3.8) is 0 Å². The molecule has 1 fully saturated rings. The van der Waals surface area contributed by atoms with Crippen LogP contribution in [0.1, 0.15) is 31.4 Å². The van der Waals surface area contributed by atoms with Crippen LogP contribution in [0.5, 0.6) is 5.75 Å². The molecule has 7 heteroatoms. The molecule has 158 valence electrons. The minimum Gasteiger partial charge on any atom is -0.494 e. The second-order valence-electron chi connectivity index (χ2n) is 7.01. The fourth-order valence-electron chi connectivity index (χ4n) is 3.42. The molecule has 0 saturated carbocycles. The van der Waals surface area contributed by atoms with E-state index < -0.39 is 5.25 Å². The Morgan fingerprint density at radius 2 is 1.90 bits per heavy atom. The van der Waals surface area contributed by atoms with Gasteiger partial charge in [-0.25, -0.2) is 4.90 Å². The first-order valence-corrected chi connectivity index (χ1v) is 11.1. The zero-order valence-corrected chi connectivity index (χ0v) is 18.3. The lowest BCUT2D eigenvalue weighted by atomic mass is 10.1. The number of ether oxygens (including phenoxy) is 1. The third-order valence-electron chi connectivity index (χ3n) is 4.93. The number of imide groups is 1. The van der Waals surface area contributed by atoms with Gasteiger partial charge in [-0.15, -0.1) is 11.8 Å². The fraction of sp³-hybridized carbons (Fsp3) is 0.348. The minimum absolute atomic E-state index is 0.0918. The number of hydrogen-bond donors (Lipinski definition) is 1. The molecule has 3 amide bonds. The van der Waals surface area contributed by atoms with Crippen LogP contribution in [-0.4, -0.2) is 35.3 Å². The van der Waals surface area contributed by atoms with Crippen LogP contribution in [0.15, 0.2) is 42.5 Å². The van der Waals surface area contributed by atoms with Gasteiger partial charge in [0.2, 0.25) is 17.7 Å². The highest BCUT2D eigenvalue weighted by molar-refractivity contribution is 8.01. The van der Waals surface area contributed by atoms with Gasteiger partial charge in [-0.3, -0.25) is 14.4 Å². The third kappa shape index (κ3) is 4.84. The number of anilines is 2. The molecule has 0 spiro atoms. The first-order valence-electron chi connectivity index (χ1n) is 10.0. The number of nitrogens with one attached hydrogen (secondary N) is 1. The summed E-state index contributed by atoms with van der Waals surface area (Å²) in [6.45, 7) is 6.43. The Labute approximate surface area is 181 Å². The summed E-state index contributed by atoms with van der Waals surface area (Å²) in [6, 6.07) is 12.8. The van der Waals surface area contributed by atoms with E-state index in [-0.39, 0.29) is 29.9 Å². The van der Waals surface area contributed by atoms with Gasteiger partial charge in [0.25, 0.3) is 0 Å². The van der Waals surface area contributed by atoms with Crippen molar-refractivity contribution in [1.82, 2.24) is 0 Å². The summed E-state index contributed by atoms with van der Waals surface area (Å²) in [5.74, 6) is 0.0777. The average Bonchev–Trinajstić information content (AvgIpc) is 3.02. The van der Waals surface area contributed by atoms with Gasteiger partial charge >= 0.3 is 0 Å². The van der Waals surface area contributed by atoms with Gasteiger partial charge in [0, 0.05) is 12.1 Å². The van der Waals surface area contributed by atoms with Crippen LogP contribution in [0.3, 0.4) is 0 Å². The molecule has 0 bridgehead atoms. The molecule has 6 nitrogen and oxygen atoms in total. The number of nitrogens with zero attached hydrogens (tertiary/aromatic N) is 1. The maximum absolute atomic E-state index is 12.8. The van der Waals surface area contributed by atoms with Gasteiger partial charge in [-0.2, -0.15) is 0 Å². The van der Waals surface area contributed by atoms with Gasteiger partial charge in [0.15, 0.2) is 0 Å². The largest absolute Gasteiger partial charge is 0.494 e. The molecule has 1 atom stereocenters. The summed E-state index contributed by atoms with van der Waals surface area (Å²) in [7, 11) is 0. The molecule has 1 aliphatic rings. The molecule has 3 rings (SSSR count). The topological polar surface area (TPSA) is 75.7 Å². The van der Waals surface area contributed by atoms with Crippen LogP contribution in [0, 0.1) is 6.92 Å². The van der Waals surface area contributed by atoms with Crippen molar-refractivity contribution in [2.24, 2.45) is 0 Å². The van der Waals surface area contributed by atoms with E-state index in [9.17, 15) is 14.4 Å². The first kappa shape index (κ1) is 21.9. The Balaban J connectivity index is 1.61. The lowest BCUT2D eigenvalue weighted by Gasteiger charge is -2.16. The quantitative estimate of drug-likeness (QED) is 0.647. The van der Waals surface area contributed by atoms with Crippen LogP contribution in [-0.2, 0) is 20.8 Å². The normalized spacial score (nSPS) is 16.1. The number of carbonyl (C=O) groups excluding carboxylic acids is 3. The highest BCUT2D eigenvalue weighted by atomic mass is 32.2. The van der Waals surface area contributed by atoms with Crippen LogP contribution >= 0.6 is 11.8 Å². The van der Waals surface area contributed by atoms with Gasteiger partial charge in [-0.05, 0) is 55.7 Å². The Morgan fingerprint density at radius 1 is 1.17 bits per heavy atom. The van der Waals surface area contributed by atoms with Gasteiger partial charge in [0.05, 0.1) is 23.3 Å². The summed E-state index contributed by atoms with van der Waals surface area (Å²) in [5, 5.41) is 2.40. The van der Waals surface area contributed by atoms with Gasteiger partial charge in [-0.1, -0.05) is 25.1 Å². The zero-order valence-electron chi connectivity index (χ0n) is 17.4. The number of rotatable bonds is 8. The predicted octanol–water partition coefficient (Wildman–Crippen LogP) is 3.96. The lowest BCUT2D eigenvalue weighted by Crippen LogP contribution is -2.31. The first-order chi connectivity index (χ1) is 14.4. The van der Waals surface area contributed by atoms with Crippen LogP contribution in [0.2, 0.25) is 0 Å². The van der Waals surface area contributed by atoms with Crippen molar-refractivity contribution < 1.29 is 19.1 Å². The number of amides is 3. The Hall–Kier alpha value is -2.80. The monoisotopic (exact) mass is 426 g/mol. The summed E-state index contributed by atoms with van der Waals surface area (Å²) in [5.41, 5.74) is 3.42. The van der Waals surface area contributed by atoms with Crippen molar-refractivity contribution in [2.45, 2.75) is 38.9 Å². The van der Waals surface area contributed by atoms with E-state index in [0.717, 1.165) is 23.2 Å². The second-order valence-corrected chi connectivity index (χ2v) is 8.20. The number of para-hydroxylation sites is 1. The maximum Gasteiger partial charge on any atom is 0.247 e. The molecule has 0 radical (unpaired) electrons. The predicted molar refractivity (Wildman–Crippen MR) is 120 cm³/mol. The lowest BCUT2D eigenvalue weighted by molar-refractivity contribution is -0.121. The minimum atomic E-state index is -0.558. The molecular weight excluding hydrogens is 400 g/mol. The molecule has 1 N–H and O–H groups in total. The van der Waals surface area contributed by atoms with E-state index in [1.807, 2.05) is 39.0 Å². The Morgan fingerprint density at radius 3 is 2.57 bits per heavy atom. The highest BCUT2D eigenvalue weighted by Gasteiger charge is 2.40. The van der Waals surface area contributed by atoms with E-state index in [1.54, 1.807) is 24.3 Å². The Kier molecular flexibility index (Phi) is 7.15. The van der Waals surface area contributed by atoms with Crippen molar-refractivity contribution >= 4 is 40.9 Å². The molecule has 1 heterocycles. The smallest absolute Gasteiger partial charge is 0.247 e. The Bertz CT molecular complexity index is 943. The number of hydrogen-bond acceptors (Lipinski definition) is 5. The fourth-order valence-corrected chi connectivity index (χ4v) is 4.35. The molecule has 2 aromatic rings. The SMILES string of the molecule is CCOc1ccc(N2C(=O)CC(SCC(=O)Nc3c(C)cccc3CC)C2=O)cc1. The summed E-state index contributed by atoms with van der Waals surface area (Å²) >= 11 is 1.20. The second kappa shape index (κ2) is 9.80. The van der Waals surface area contributed by atoms with Gasteiger partial charge < -0.3 is 10.1 Å². The third-order valence-corrected chi connectivity index (χ3v) is 6.13. The number of carbonyl (C=O) groups is 3. The van der Waals surface area contributed by atoms with E-state index in [1.165, 1.54) is 16.7 Å². The highest BCUT2D eigenvalue weighted by Crippen LogP contribution is 2.31. The molecule has 30 heavy (non-hydrogen) atoms. The van der Waals surface area contributed by atoms with E-state index in [2.05, 4.69) is 5.32 Å². The standard InChI is InChI=1S/C23H26N2O4S/c1-4-16-8-6-7-15(3)22(16)24-20(26)14-30-19-13-21(27)25(23(19)28)17-9-11-18(12-10-17)29-5-2/h6-12,19H,4-5,13-14H2,1-3H3,(H,24,26). The van der Waals surface area contributed by atoms with Crippen molar-refractivity contribution in [1.29, 1.82) is 0 Å². The molecule has 1 aliphatic heterocycles. The molecule has 0 aromatic heterocycles. The average molecular weight is 427 g/mol. The number of benzene rings is 2. The molecule has 1 unspecified atom stereocenters. The van der Waals surface area contributed by atoms with Gasteiger partial charge in [0.1, 0.15) is 5.75 Å². The van der Waals surface area contributed by atoms with Crippen LogP contribution in [0.4, 0.5) is 11.4 Å². The van der Waals surface area contributed by atoms with Crippen LogP contribution < -0.4 is 15.0 Å². The zero-order chi connectivity index (χ0) is 21.7. The van der Waals surface area contributed by atoms with Crippen molar-refractivity contribution in [2.75, 3.05) is 22.6 Å². The van der Waals surface area contributed by atoms with Crippen LogP contribution in [0.25, 0.3) is 0 Å². The molecule has 0 aliphatic carbocycles.